The molecule has 0 amide bonds. The fourth-order valence-electron chi connectivity index (χ4n) is 3.25. The minimum Gasteiger partial charge on any atom is -0.497 e. The molecule has 0 fully saturated rings. The lowest BCUT2D eigenvalue weighted by Gasteiger charge is -2.16. The number of hydrogen-bond acceptors (Lipinski definition) is 3. The normalized spacial score (nSPS) is 14.3. The van der Waals surface area contributed by atoms with Gasteiger partial charge in [0.15, 0.2) is 0 Å². The molecule has 0 aromatic heterocycles. The molecule has 2 aromatic rings. The van der Waals surface area contributed by atoms with Crippen LogP contribution in [0.15, 0.2) is 42.5 Å². The molecule has 0 saturated carbocycles. The summed E-state index contributed by atoms with van der Waals surface area (Å²) in [7, 11) is 1.68. The van der Waals surface area contributed by atoms with Crippen molar-refractivity contribution in [2.24, 2.45) is 5.73 Å². The summed E-state index contributed by atoms with van der Waals surface area (Å²) >= 11 is 0. The standard InChI is InChI=1S/C20H25NO2/c1-22-19-8-5-16(6-9-19)18(14-21)11-12-23-20-10-7-15-3-2-4-17(15)13-20/h5-10,13,18H,2-4,11-12,14,21H2,1H3. The summed E-state index contributed by atoms with van der Waals surface area (Å²) in [5, 5.41) is 0. The Hall–Kier alpha value is -2.00. The molecule has 0 aliphatic heterocycles. The lowest BCUT2D eigenvalue weighted by Crippen LogP contribution is -2.15. The number of nitrogens with two attached hydrogens (primary N) is 1. The minimum absolute atomic E-state index is 0.315. The molecular weight excluding hydrogens is 286 g/mol. The van der Waals surface area contributed by atoms with Gasteiger partial charge in [-0.15, -0.1) is 0 Å². The predicted molar refractivity (Wildman–Crippen MR) is 93.4 cm³/mol. The van der Waals surface area contributed by atoms with Crippen LogP contribution in [0.25, 0.3) is 0 Å². The van der Waals surface area contributed by atoms with Gasteiger partial charge in [-0.2, -0.15) is 0 Å². The summed E-state index contributed by atoms with van der Waals surface area (Å²) in [5.41, 5.74) is 10.1. The molecule has 1 unspecified atom stereocenters. The summed E-state index contributed by atoms with van der Waals surface area (Å²) in [5.74, 6) is 2.17. The first-order chi connectivity index (χ1) is 11.3. The van der Waals surface area contributed by atoms with Gasteiger partial charge in [0.25, 0.3) is 0 Å². The molecule has 2 aromatic carbocycles. The number of methoxy groups -OCH3 is 1. The Morgan fingerprint density at radius 2 is 1.74 bits per heavy atom. The molecular formula is C20H25NO2. The van der Waals surface area contributed by atoms with E-state index in [0.717, 1.165) is 17.9 Å². The van der Waals surface area contributed by atoms with E-state index in [9.17, 15) is 0 Å². The molecule has 23 heavy (non-hydrogen) atoms. The Morgan fingerprint density at radius 3 is 2.48 bits per heavy atom. The van der Waals surface area contributed by atoms with E-state index in [1.54, 1.807) is 7.11 Å². The highest BCUT2D eigenvalue weighted by Gasteiger charge is 2.13. The molecule has 0 bridgehead atoms. The highest BCUT2D eigenvalue weighted by molar-refractivity contribution is 5.38. The van der Waals surface area contributed by atoms with Crippen molar-refractivity contribution in [3.05, 3.63) is 59.2 Å². The zero-order valence-corrected chi connectivity index (χ0v) is 13.8. The second kappa shape index (κ2) is 7.51. The SMILES string of the molecule is COc1ccc(C(CN)CCOc2ccc3c(c2)CCC3)cc1. The molecule has 0 saturated heterocycles. The predicted octanol–water partition coefficient (Wildman–Crippen LogP) is 3.70. The molecule has 3 heteroatoms. The zero-order chi connectivity index (χ0) is 16.1. The van der Waals surface area contributed by atoms with Crippen molar-refractivity contribution in [1.29, 1.82) is 0 Å². The fourth-order valence-corrected chi connectivity index (χ4v) is 3.25. The number of fused-ring (bicyclic) bond motifs is 1. The van der Waals surface area contributed by atoms with Crippen LogP contribution in [0, 0.1) is 0 Å². The van der Waals surface area contributed by atoms with Crippen LogP contribution in [0.2, 0.25) is 0 Å². The second-order valence-corrected chi connectivity index (χ2v) is 6.13. The molecule has 3 nitrogen and oxygen atoms in total. The van der Waals surface area contributed by atoms with Gasteiger partial charge >= 0.3 is 0 Å². The topological polar surface area (TPSA) is 44.5 Å². The van der Waals surface area contributed by atoms with Crippen molar-refractivity contribution in [2.45, 2.75) is 31.6 Å². The van der Waals surface area contributed by atoms with E-state index in [2.05, 4.69) is 30.3 Å². The van der Waals surface area contributed by atoms with E-state index >= 15 is 0 Å². The first kappa shape index (κ1) is 15.9. The first-order valence-electron chi connectivity index (χ1n) is 8.39. The summed E-state index contributed by atoms with van der Waals surface area (Å²) in [6.45, 7) is 1.31. The first-order valence-corrected chi connectivity index (χ1v) is 8.39. The number of ether oxygens (including phenoxy) is 2. The lowest BCUT2D eigenvalue weighted by atomic mass is 9.96. The third kappa shape index (κ3) is 3.85. The fraction of sp³-hybridized carbons (Fsp3) is 0.400. The zero-order valence-electron chi connectivity index (χ0n) is 13.8. The molecule has 3 rings (SSSR count). The van der Waals surface area contributed by atoms with Crippen molar-refractivity contribution in [1.82, 2.24) is 0 Å². The van der Waals surface area contributed by atoms with Gasteiger partial charge in [0, 0.05) is 0 Å². The second-order valence-electron chi connectivity index (χ2n) is 6.13. The molecule has 0 spiro atoms. The van der Waals surface area contributed by atoms with Crippen molar-refractivity contribution in [3.8, 4) is 11.5 Å². The van der Waals surface area contributed by atoms with Crippen molar-refractivity contribution >= 4 is 0 Å². The Labute approximate surface area is 138 Å². The number of hydrogen-bond donors (Lipinski definition) is 1. The highest BCUT2D eigenvalue weighted by Crippen LogP contribution is 2.27. The average molecular weight is 311 g/mol. The van der Waals surface area contributed by atoms with E-state index in [1.165, 1.54) is 36.0 Å². The average Bonchev–Trinajstić information content (AvgIpc) is 3.07. The van der Waals surface area contributed by atoms with Crippen molar-refractivity contribution in [2.75, 3.05) is 20.3 Å². The highest BCUT2D eigenvalue weighted by atomic mass is 16.5. The Balaban J connectivity index is 1.55. The number of rotatable bonds is 7. The molecule has 1 aliphatic carbocycles. The van der Waals surface area contributed by atoms with Gasteiger partial charge in [-0.3, -0.25) is 0 Å². The quantitative estimate of drug-likeness (QED) is 0.848. The van der Waals surface area contributed by atoms with E-state index in [-0.39, 0.29) is 0 Å². The lowest BCUT2D eigenvalue weighted by molar-refractivity contribution is 0.298. The van der Waals surface area contributed by atoms with Gasteiger partial charge in [-0.05, 0) is 79.1 Å². The van der Waals surface area contributed by atoms with E-state index in [0.29, 0.717) is 19.1 Å². The Morgan fingerprint density at radius 1 is 1.00 bits per heavy atom. The monoisotopic (exact) mass is 311 g/mol. The minimum atomic E-state index is 0.315. The number of benzene rings is 2. The maximum Gasteiger partial charge on any atom is 0.119 e. The van der Waals surface area contributed by atoms with Crippen LogP contribution < -0.4 is 15.2 Å². The molecule has 0 radical (unpaired) electrons. The number of aryl methyl sites for hydroxylation is 2. The largest absolute Gasteiger partial charge is 0.497 e. The molecule has 122 valence electrons. The van der Waals surface area contributed by atoms with Crippen LogP contribution in [-0.2, 0) is 12.8 Å². The summed E-state index contributed by atoms with van der Waals surface area (Å²) < 4.78 is 11.2. The third-order valence-corrected chi connectivity index (χ3v) is 4.68. The van der Waals surface area contributed by atoms with Gasteiger partial charge < -0.3 is 15.2 Å². The van der Waals surface area contributed by atoms with E-state index in [1.807, 2.05) is 12.1 Å². The van der Waals surface area contributed by atoms with Crippen molar-refractivity contribution < 1.29 is 9.47 Å². The summed E-state index contributed by atoms with van der Waals surface area (Å²) in [6, 6.07) is 14.7. The van der Waals surface area contributed by atoms with E-state index < -0.39 is 0 Å². The van der Waals surface area contributed by atoms with Gasteiger partial charge in [-0.25, -0.2) is 0 Å². The van der Waals surface area contributed by atoms with Crippen LogP contribution in [0.1, 0.15) is 35.4 Å². The third-order valence-electron chi connectivity index (χ3n) is 4.68. The molecule has 1 aliphatic rings. The van der Waals surface area contributed by atoms with Crippen LogP contribution in [-0.4, -0.2) is 20.3 Å². The van der Waals surface area contributed by atoms with Crippen LogP contribution in [0.3, 0.4) is 0 Å². The van der Waals surface area contributed by atoms with Crippen LogP contribution >= 0.6 is 0 Å². The van der Waals surface area contributed by atoms with Gasteiger partial charge in [-0.1, -0.05) is 18.2 Å². The van der Waals surface area contributed by atoms with Gasteiger partial charge in [0.05, 0.1) is 13.7 Å². The maximum absolute atomic E-state index is 5.95. The smallest absolute Gasteiger partial charge is 0.119 e. The molecule has 2 N–H and O–H groups in total. The Kier molecular flexibility index (Phi) is 5.19. The summed E-state index contributed by atoms with van der Waals surface area (Å²) in [6.07, 6.45) is 4.58. The van der Waals surface area contributed by atoms with E-state index in [4.69, 9.17) is 15.2 Å². The molecule has 0 heterocycles. The Bertz CT molecular complexity index is 637. The van der Waals surface area contributed by atoms with Crippen LogP contribution in [0.5, 0.6) is 11.5 Å². The summed E-state index contributed by atoms with van der Waals surface area (Å²) in [4.78, 5) is 0. The molecule has 1 atom stereocenters. The van der Waals surface area contributed by atoms with Gasteiger partial charge in [0.1, 0.15) is 11.5 Å². The van der Waals surface area contributed by atoms with Crippen molar-refractivity contribution in [3.63, 3.8) is 0 Å². The van der Waals surface area contributed by atoms with Gasteiger partial charge in [0.2, 0.25) is 0 Å². The van der Waals surface area contributed by atoms with Crippen LogP contribution in [0.4, 0.5) is 0 Å². The maximum atomic E-state index is 5.95.